The van der Waals surface area contributed by atoms with Crippen LogP contribution in [-0.2, 0) is 11.2 Å². The third-order valence-corrected chi connectivity index (χ3v) is 4.67. The molecular weight excluding hydrogens is 336 g/mol. The molecule has 0 saturated carbocycles. The predicted molar refractivity (Wildman–Crippen MR) is 110 cm³/mol. The zero-order valence-corrected chi connectivity index (χ0v) is 15.7. The number of rotatable bonds is 6. The minimum Gasteiger partial charge on any atom is -0.350 e. The average molecular weight is 360 g/mol. The molecule has 0 bridgehead atoms. The van der Waals surface area contributed by atoms with Crippen LogP contribution in [-0.4, -0.2) is 17.9 Å². The molecule has 0 saturated heterocycles. The van der Waals surface area contributed by atoms with E-state index in [0.717, 1.165) is 22.8 Å². The van der Waals surface area contributed by atoms with E-state index in [0.29, 0.717) is 11.3 Å². The van der Waals surface area contributed by atoms with Crippen LogP contribution in [0.1, 0.15) is 36.2 Å². The molecule has 0 aliphatic carbocycles. The standard InChI is InChI=1S/C23H24N2O2/c1-3-16(2)24-23(27)20-13-6-7-14-21(20)25-22(26)15-18-11-8-10-17-9-4-5-12-19(17)18/h4-14,16H,3,15H2,1-2H3,(H,24,27)(H,25,26). The van der Waals surface area contributed by atoms with Crippen LogP contribution in [0.4, 0.5) is 5.69 Å². The van der Waals surface area contributed by atoms with Crippen molar-refractivity contribution in [2.45, 2.75) is 32.7 Å². The van der Waals surface area contributed by atoms with E-state index in [1.807, 2.05) is 62.4 Å². The van der Waals surface area contributed by atoms with Crippen molar-refractivity contribution < 1.29 is 9.59 Å². The predicted octanol–water partition coefficient (Wildman–Crippen LogP) is 4.55. The van der Waals surface area contributed by atoms with E-state index in [-0.39, 0.29) is 24.3 Å². The van der Waals surface area contributed by atoms with Crippen LogP contribution in [0.5, 0.6) is 0 Å². The van der Waals surface area contributed by atoms with Gasteiger partial charge in [-0.1, -0.05) is 61.5 Å². The first-order valence-corrected chi connectivity index (χ1v) is 9.25. The summed E-state index contributed by atoms with van der Waals surface area (Å²) in [6.07, 6.45) is 1.10. The lowest BCUT2D eigenvalue weighted by Gasteiger charge is -2.15. The number of anilines is 1. The number of amides is 2. The first kappa shape index (κ1) is 18.6. The van der Waals surface area contributed by atoms with E-state index < -0.39 is 0 Å². The molecule has 0 heterocycles. The lowest BCUT2D eigenvalue weighted by atomic mass is 10.0. The SMILES string of the molecule is CCC(C)NC(=O)c1ccccc1NC(=O)Cc1cccc2ccccc12. The van der Waals surface area contributed by atoms with Gasteiger partial charge in [0.15, 0.2) is 0 Å². The average Bonchev–Trinajstić information content (AvgIpc) is 2.68. The second-order valence-electron chi connectivity index (χ2n) is 6.69. The van der Waals surface area contributed by atoms with Crippen LogP contribution in [0.25, 0.3) is 10.8 Å². The van der Waals surface area contributed by atoms with Gasteiger partial charge in [-0.15, -0.1) is 0 Å². The van der Waals surface area contributed by atoms with Gasteiger partial charge in [0.1, 0.15) is 0 Å². The minimum atomic E-state index is -0.176. The highest BCUT2D eigenvalue weighted by molar-refractivity contribution is 6.04. The highest BCUT2D eigenvalue weighted by atomic mass is 16.2. The number of benzene rings is 3. The fraction of sp³-hybridized carbons (Fsp3) is 0.217. The Hall–Kier alpha value is -3.14. The molecule has 2 N–H and O–H groups in total. The second kappa shape index (κ2) is 8.49. The first-order chi connectivity index (χ1) is 13.1. The Labute approximate surface area is 159 Å². The van der Waals surface area contributed by atoms with E-state index in [1.54, 1.807) is 18.2 Å². The molecular formula is C23H24N2O2. The topological polar surface area (TPSA) is 58.2 Å². The summed E-state index contributed by atoms with van der Waals surface area (Å²) in [6.45, 7) is 3.97. The van der Waals surface area contributed by atoms with Crippen molar-refractivity contribution in [3.05, 3.63) is 77.9 Å². The summed E-state index contributed by atoms with van der Waals surface area (Å²) in [5, 5.41) is 8.01. The summed E-state index contributed by atoms with van der Waals surface area (Å²) in [7, 11) is 0. The molecule has 0 aliphatic rings. The van der Waals surface area contributed by atoms with Crippen molar-refractivity contribution in [1.82, 2.24) is 5.32 Å². The van der Waals surface area contributed by atoms with Crippen LogP contribution in [0.2, 0.25) is 0 Å². The lowest BCUT2D eigenvalue weighted by molar-refractivity contribution is -0.115. The number of hydrogen-bond acceptors (Lipinski definition) is 2. The van der Waals surface area contributed by atoms with Crippen molar-refractivity contribution in [1.29, 1.82) is 0 Å². The maximum absolute atomic E-state index is 12.6. The van der Waals surface area contributed by atoms with Gasteiger partial charge in [0.2, 0.25) is 5.91 Å². The van der Waals surface area contributed by atoms with Crippen LogP contribution >= 0.6 is 0 Å². The molecule has 1 unspecified atom stereocenters. The van der Waals surface area contributed by atoms with Crippen LogP contribution < -0.4 is 10.6 Å². The van der Waals surface area contributed by atoms with Gasteiger partial charge in [0.05, 0.1) is 17.7 Å². The van der Waals surface area contributed by atoms with E-state index in [4.69, 9.17) is 0 Å². The quantitative estimate of drug-likeness (QED) is 0.677. The molecule has 138 valence electrons. The molecule has 2 amide bonds. The van der Waals surface area contributed by atoms with Gasteiger partial charge < -0.3 is 10.6 Å². The van der Waals surface area contributed by atoms with Gasteiger partial charge in [-0.2, -0.15) is 0 Å². The molecule has 4 heteroatoms. The van der Waals surface area contributed by atoms with Crippen LogP contribution in [0.3, 0.4) is 0 Å². The summed E-state index contributed by atoms with van der Waals surface area (Å²) in [5.41, 5.74) is 1.97. The van der Waals surface area contributed by atoms with Crippen molar-refractivity contribution in [3.63, 3.8) is 0 Å². The molecule has 27 heavy (non-hydrogen) atoms. The van der Waals surface area contributed by atoms with Gasteiger partial charge in [-0.3, -0.25) is 9.59 Å². The Morgan fingerprint density at radius 1 is 0.926 bits per heavy atom. The molecule has 4 nitrogen and oxygen atoms in total. The highest BCUT2D eigenvalue weighted by Gasteiger charge is 2.15. The van der Waals surface area contributed by atoms with Crippen molar-refractivity contribution in [2.75, 3.05) is 5.32 Å². The lowest BCUT2D eigenvalue weighted by Crippen LogP contribution is -2.32. The minimum absolute atomic E-state index is 0.0805. The fourth-order valence-electron chi connectivity index (χ4n) is 3.01. The van der Waals surface area contributed by atoms with Gasteiger partial charge in [-0.25, -0.2) is 0 Å². The normalized spacial score (nSPS) is 11.8. The number of carbonyl (C=O) groups excluding carboxylic acids is 2. The third kappa shape index (κ3) is 4.53. The number of hydrogen-bond donors (Lipinski definition) is 2. The molecule has 0 aromatic heterocycles. The molecule has 3 rings (SSSR count). The molecule has 1 atom stereocenters. The first-order valence-electron chi connectivity index (χ1n) is 9.25. The zero-order valence-electron chi connectivity index (χ0n) is 15.7. The molecule has 3 aromatic rings. The highest BCUT2D eigenvalue weighted by Crippen LogP contribution is 2.20. The van der Waals surface area contributed by atoms with Gasteiger partial charge in [0, 0.05) is 6.04 Å². The van der Waals surface area contributed by atoms with Crippen LogP contribution in [0, 0.1) is 0 Å². The summed E-state index contributed by atoms with van der Waals surface area (Å²) in [6, 6.07) is 21.1. The molecule has 0 fully saturated rings. The Kier molecular flexibility index (Phi) is 5.87. The fourth-order valence-corrected chi connectivity index (χ4v) is 3.01. The number of nitrogens with one attached hydrogen (secondary N) is 2. The summed E-state index contributed by atoms with van der Waals surface area (Å²) in [5.74, 6) is -0.319. The third-order valence-electron chi connectivity index (χ3n) is 4.67. The maximum Gasteiger partial charge on any atom is 0.253 e. The van der Waals surface area contributed by atoms with Crippen molar-refractivity contribution >= 4 is 28.3 Å². The van der Waals surface area contributed by atoms with E-state index in [1.165, 1.54) is 0 Å². The van der Waals surface area contributed by atoms with Gasteiger partial charge >= 0.3 is 0 Å². The van der Waals surface area contributed by atoms with Gasteiger partial charge in [-0.05, 0) is 41.8 Å². The molecule has 0 aliphatic heterocycles. The Balaban J connectivity index is 1.77. The number of fused-ring (bicyclic) bond motifs is 1. The number of para-hydroxylation sites is 1. The summed E-state index contributed by atoms with van der Waals surface area (Å²) < 4.78 is 0. The molecule has 0 radical (unpaired) electrons. The van der Waals surface area contributed by atoms with E-state index >= 15 is 0 Å². The monoisotopic (exact) mass is 360 g/mol. The molecule has 0 spiro atoms. The van der Waals surface area contributed by atoms with Crippen molar-refractivity contribution in [3.8, 4) is 0 Å². The zero-order chi connectivity index (χ0) is 19.2. The number of carbonyl (C=O) groups is 2. The smallest absolute Gasteiger partial charge is 0.253 e. The Morgan fingerprint density at radius 2 is 1.63 bits per heavy atom. The summed E-state index contributed by atoms with van der Waals surface area (Å²) in [4.78, 5) is 25.1. The maximum atomic E-state index is 12.6. The van der Waals surface area contributed by atoms with Gasteiger partial charge in [0.25, 0.3) is 5.91 Å². The Morgan fingerprint density at radius 3 is 2.44 bits per heavy atom. The largest absolute Gasteiger partial charge is 0.350 e. The molecule has 3 aromatic carbocycles. The second-order valence-corrected chi connectivity index (χ2v) is 6.69. The summed E-state index contributed by atoms with van der Waals surface area (Å²) >= 11 is 0. The van der Waals surface area contributed by atoms with E-state index in [9.17, 15) is 9.59 Å². The van der Waals surface area contributed by atoms with Crippen LogP contribution in [0.15, 0.2) is 66.7 Å². The van der Waals surface area contributed by atoms with E-state index in [2.05, 4.69) is 10.6 Å². The van der Waals surface area contributed by atoms with Crippen molar-refractivity contribution in [2.24, 2.45) is 0 Å². The Bertz CT molecular complexity index is 960.